The zero-order valence-corrected chi connectivity index (χ0v) is 8.93. The Kier molecular flexibility index (Phi) is 3.49. The fraction of sp³-hybridized carbons (Fsp3) is 0.444. The minimum absolute atomic E-state index is 0.0325. The molecule has 88 valence electrons. The van der Waals surface area contributed by atoms with Gasteiger partial charge in [-0.1, -0.05) is 13.8 Å². The van der Waals surface area contributed by atoms with Crippen molar-refractivity contribution in [3.8, 4) is 0 Å². The molecular weight excluding hydrogens is 214 g/mol. The van der Waals surface area contributed by atoms with Crippen LogP contribution in [0.1, 0.15) is 24.3 Å². The zero-order chi connectivity index (χ0) is 12.3. The molecule has 0 spiro atoms. The van der Waals surface area contributed by atoms with Gasteiger partial charge in [0.25, 0.3) is 6.01 Å². The lowest BCUT2D eigenvalue weighted by Gasteiger charge is -2.17. The number of rotatable bonds is 5. The minimum Gasteiger partial charge on any atom is -0.476 e. The van der Waals surface area contributed by atoms with Gasteiger partial charge in [0.15, 0.2) is 5.69 Å². The Morgan fingerprint density at radius 3 is 2.56 bits per heavy atom. The molecule has 7 heteroatoms. The molecule has 0 radical (unpaired) electrons. The van der Waals surface area contributed by atoms with Crippen LogP contribution < -0.4 is 11.1 Å². The number of primary amides is 1. The smallest absolute Gasteiger partial charge is 0.357 e. The van der Waals surface area contributed by atoms with Gasteiger partial charge >= 0.3 is 5.97 Å². The first-order valence-corrected chi connectivity index (χ1v) is 4.66. The molecule has 0 fully saturated rings. The van der Waals surface area contributed by atoms with Gasteiger partial charge in [-0.15, -0.1) is 0 Å². The predicted octanol–water partition coefficient (Wildman–Crippen LogP) is 0.295. The molecule has 7 nitrogen and oxygen atoms in total. The normalized spacial score (nSPS) is 12.4. The van der Waals surface area contributed by atoms with Crippen LogP contribution in [0.3, 0.4) is 0 Å². The Labute approximate surface area is 91.6 Å². The van der Waals surface area contributed by atoms with Gasteiger partial charge in [-0.05, 0) is 5.92 Å². The Balaban J connectivity index is 2.78. The number of nitrogens with two attached hydrogens (primary N) is 1. The summed E-state index contributed by atoms with van der Waals surface area (Å²) in [6.45, 7) is 3.59. The number of carboxylic acids is 1. The molecule has 0 aliphatic heterocycles. The summed E-state index contributed by atoms with van der Waals surface area (Å²) in [6, 6.07) is -0.685. The van der Waals surface area contributed by atoms with E-state index >= 15 is 0 Å². The van der Waals surface area contributed by atoms with Gasteiger partial charge in [0, 0.05) is 0 Å². The summed E-state index contributed by atoms with van der Waals surface area (Å²) in [5.41, 5.74) is 4.94. The van der Waals surface area contributed by atoms with E-state index in [1.54, 1.807) is 13.8 Å². The van der Waals surface area contributed by atoms with Gasteiger partial charge in [-0.3, -0.25) is 4.79 Å². The number of oxazole rings is 1. The summed E-state index contributed by atoms with van der Waals surface area (Å²) in [7, 11) is 0. The van der Waals surface area contributed by atoms with E-state index in [0.29, 0.717) is 0 Å². The second kappa shape index (κ2) is 4.65. The third kappa shape index (κ3) is 2.72. The lowest BCUT2D eigenvalue weighted by Crippen LogP contribution is -2.39. The molecular formula is C9H13N3O4. The van der Waals surface area contributed by atoms with E-state index in [2.05, 4.69) is 10.3 Å². The molecule has 1 heterocycles. The third-order valence-corrected chi connectivity index (χ3v) is 1.98. The van der Waals surface area contributed by atoms with E-state index in [9.17, 15) is 9.59 Å². The average Bonchev–Trinajstić information content (AvgIpc) is 2.61. The summed E-state index contributed by atoms with van der Waals surface area (Å²) < 4.78 is 4.85. The van der Waals surface area contributed by atoms with Crippen molar-refractivity contribution in [2.45, 2.75) is 19.9 Å². The average molecular weight is 227 g/mol. The van der Waals surface area contributed by atoms with E-state index in [4.69, 9.17) is 15.3 Å². The zero-order valence-electron chi connectivity index (χ0n) is 8.93. The molecule has 1 amide bonds. The maximum atomic E-state index is 11.1. The number of carboxylic acid groups (broad SMARTS) is 1. The van der Waals surface area contributed by atoms with Crippen molar-refractivity contribution in [2.75, 3.05) is 5.32 Å². The van der Waals surface area contributed by atoms with Crippen LogP contribution in [0, 0.1) is 5.92 Å². The molecule has 1 rings (SSSR count). The number of anilines is 1. The minimum atomic E-state index is -1.20. The highest BCUT2D eigenvalue weighted by atomic mass is 16.4. The summed E-state index contributed by atoms with van der Waals surface area (Å²) in [5.74, 6) is -1.81. The maximum absolute atomic E-state index is 11.1. The van der Waals surface area contributed by atoms with Gasteiger partial charge in [0.1, 0.15) is 12.3 Å². The van der Waals surface area contributed by atoms with Crippen molar-refractivity contribution in [1.82, 2.24) is 4.98 Å². The monoisotopic (exact) mass is 227 g/mol. The highest BCUT2D eigenvalue weighted by Crippen LogP contribution is 2.12. The van der Waals surface area contributed by atoms with Crippen LogP contribution in [0.4, 0.5) is 6.01 Å². The number of carbonyl (C=O) groups is 2. The highest BCUT2D eigenvalue weighted by molar-refractivity contribution is 5.85. The van der Waals surface area contributed by atoms with E-state index in [1.165, 1.54) is 0 Å². The van der Waals surface area contributed by atoms with Crippen LogP contribution in [-0.4, -0.2) is 28.0 Å². The number of carbonyl (C=O) groups excluding carboxylic acids is 1. The molecule has 0 aromatic carbocycles. The molecule has 0 aliphatic carbocycles. The van der Waals surface area contributed by atoms with Crippen molar-refractivity contribution in [3.63, 3.8) is 0 Å². The molecule has 1 aromatic rings. The van der Waals surface area contributed by atoms with Crippen molar-refractivity contribution in [1.29, 1.82) is 0 Å². The number of hydrogen-bond donors (Lipinski definition) is 3. The number of nitrogens with zero attached hydrogens (tertiary/aromatic N) is 1. The number of aromatic carboxylic acids is 1. The Morgan fingerprint density at radius 1 is 1.56 bits per heavy atom. The highest BCUT2D eigenvalue weighted by Gasteiger charge is 2.21. The Bertz CT molecular complexity index is 399. The number of hydrogen-bond acceptors (Lipinski definition) is 5. The number of amides is 1. The van der Waals surface area contributed by atoms with E-state index in [1.807, 2.05) is 0 Å². The third-order valence-electron chi connectivity index (χ3n) is 1.98. The topological polar surface area (TPSA) is 118 Å². The molecule has 0 bridgehead atoms. The first-order valence-electron chi connectivity index (χ1n) is 4.66. The fourth-order valence-corrected chi connectivity index (χ4v) is 1.14. The second-order valence-electron chi connectivity index (χ2n) is 3.61. The maximum Gasteiger partial charge on any atom is 0.357 e. The summed E-state index contributed by atoms with van der Waals surface area (Å²) >= 11 is 0. The molecule has 4 N–H and O–H groups in total. The molecule has 0 aliphatic rings. The Morgan fingerprint density at radius 2 is 2.19 bits per heavy atom. The molecule has 1 atom stereocenters. The SMILES string of the molecule is CC(C)C(Nc1nc(C(=O)O)co1)C(N)=O. The van der Waals surface area contributed by atoms with Gasteiger partial charge < -0.3 is 20.6 Å². The summed E-state index contributed by atoms with van der Waals surface area (Å²) in [4.78, 5) is 25.2. The lowest BCUT2D eigenvalue weighted by molar-refractivity contribution is -0.119. The number of nitrogens with one attached hydrogen (secondary N) is 1. The van der Waals surface area contributed by atoms with Crippen LogP contribution in [0.25, 0.3) is 0 Å². The molecule has 1 aromatic heterocycles. The van der Waals surface area contributed by atoms with Crippen LogP contribution in [0.5, 0.6) is 0 Å². The first-order chi connectivity index (χ1) is 7.41. The van der Waals surface area contributed by atoms with Crippen molar-refractivity contribution < 1.29 is 19.1 Å². The van der Waals surface area contributed by atoms with Gasteiger partial charge in [0.2, 0.25) is 5.91 Å². The first kappa shape index (κ1) is 12.0. The quantitative estimate of drug-likeness (QED) is 0.665. The standard InChI is InChI=1S/C9H13N3O4/c1-4(2)6(7(10)13)12-9-11-5(3-16-9)8(14)15/h3-4,6H,1-2H3,(H2,10,13)(H,11,12)(H,14,15). The van der Waals surface area contributed by atoms with Crippen LogP contribution in [0.2, 0.25) is 0 Å². The fourth-order valence-electron chi connectivity index (χ4n) is 1.14. The number of aromatic nitrogens is 1. The van der Waals surface area contributed by atoms with Crippen LogP contribution in [0.15, 0.2) is 10.7 Å². The van der Waals surface area contributed by atoms with Crippen LogP contribution >= 0.6 is 0 Å². The lowest BCUT2D eigenvalue weighted by atomic mass is 10.0. The summed E-state index contributed by atoms with van der Waals surface area (Å²) in [5, 5.41) is 11.2. The second-order valence-corrected chi connectivity index (χ2v) is 3.61. The molecule has 1 unspecified atom stereocenters. The van der Waals surface area contributed by atoms with Gasteiger partial charge in [0.05, 0.1) is 0 Å². The van der Waals surface area contributed by atoms with Gasteiger partial charge in [-0.25, -0.2) is 4.79 Å². The van der Waals surface area contributed by atoms with Crippen molar-refractivity contribution >= 4 is 17.9 Å². The van der Waals surface area contributed by atoms with Gasteiger partial charge in [-0.2, -0.15) is 4.98 Å². The van der Waals surface area contributed by atoms with Crippen LogP contribution in [-0.2, 0) is 4.79 Å². The van der Waals surface area contributed by atoms with Crippen molar-refractivity contribution in [2.24, 2.45) is 11.7 Å². The molecule has 0 saturated carbocycles. The Hall–Kier alpha value is -2.05. The largest absolute Gasteiger partial charge is 0.476 e. The predicted molar refractivity (Wildman–Crippen MR) is 54.9 cm³/mol. The van der Waals surface area contributed by atoms with E-state index in [0.717, 1.165) is 6.26 Å². The molecule has 16 heavy (non-hydrogen) atoms. The van der Waals surface area contributed by atoms with Crippen molar-refractivity contribution in [3.05, 3.63) is 12.0 Å². The van der Waals surface area contributed by atoms with E-state index in [-0.39, 0.29) is 17.6 Å². The van der Waals surface area contributed by atoms with E-state index < -0.39 is 17.9 Å². The summed E-state index contributed by atoms with van der Waals surface area (Å²) in [6.07, 6.45) is 0.989. The molecule has 0 saturated heterocycles.